The minimum atomic E-state index is -1.02. The van der Waals surface area contributed by atoms with Crippen LogP contribution >= 0.6 is 0 Å². The fourth-order valence-corrected chi connectivity index (χ4v) is 4.76. The summed E-state index contributed by atoms with van der Waals surface area (Å²) in [7, 11) is 0. The van der Waals surface area contributed by atoms with Crippen molar-refractivity contribution in [1.82, 2.24) is 10.2 Å². The largest absolute Gasteiger partial charge is 0.480 e. The van der Waals surface area contributed by atoms with Crippen molar-refractivity contribution >= 4 is 18.0 Å². The maximum Gasteiger partial charge on any atom is 0.407 e. The summed E-state index contributed by atoms with van der Waals surface area (Å²) in [6.45, 7) is 1.96. The SMILES string of the molecule is CCCC[C@@H](CC(=O)N(CC(=O)O)C1CC1)NC(=O)OCC1c2ccccc2-c2ccccc21. The Morgan fingerprint density at radius 1 is 1.06 bits per heavy atom. The highest BCUT2D eigenvalue weighted by molar-refractivity contribution is 5.83. The third-order valence-corrected chi connectivity index (χ3v) is 6.61. The van der Waals surface area contributed by atoms with E-state index in [0.717, 1.165) is 47.9 Å². The number of unbranched alkanes of at least 4 members (excludes halogenated alkanes) is 1. The second-order valence-electron chi connectivity index (χ2n) is 9.16. The second kappa shape index (κ2) is 10.7. The number of carboxylic acid groups (broad SMARTS) is 1. The molecule has 0 saturated heterocycles. The van der Waals surface area contributed by atoms with Crippen molar-refractivity contribution in [1.29, 1.82) is 0 Å². The van der Waals surface area contributed by atoms with E-state index >= 15 is 0 Å². The summed E-state index contributed by atoms with van der Waals surface area (Å²) in [5.74, 6) is -1.28. The molecule has 0 spiro atoms. The highest BCUT2D eigenvalue weighted by Gasteiger charge is 2.35. The van der Waals surface area contributed by atoms with E-state index in [4.69, 9.17) is 9.84 Å². The van der Waals surface area contributed by atoms with E-state index in [1.54, 1.807) is 0 Å². The van der Waals surface area contributed by atoms with Crippen molar-refractivity contribution in [2.75, 3.05) is 13.2 Å². The second-order valence-corrected chi connectivity index (χ2v) is 9.16. The van der Waals surface area contributed by atoms with Gasteiger partial charge in [0.25, 0.3) is 0 Å². The minimum Gasteiger partial charge on any atom is -0.480 e. The van der Waals surface area contributed by atoms with Crippen LogP contribution in [-0.4, -0.2) is 53.2 Å². The molecule has 2 N–H and O–H groups in total. The lowest BCUT2D eigenvalue weighted by molar-refractivity contribution is -0.145. The lowest BCUT2D eigenvalue weighted by atomic mass is 9.98. The van der Waals surface area contributed by atoms with Gasteiger partial charge >= 0.3 is 12.1 Å². The van der Waals surface area contributed by atoms with Crippen LogP contribution in [0.3, 0.4) is 0 Å². The van der Waals surface area contributed by atoms with Crippen molar-refractivity contribution in [3.05, 3.63) is 59.7 Å². The smallest absolute Gasteiger partial charge is 0.407 e. The van der Waals surface area contributed by atoms with E-state index < -0.39 is 18.1 Å². The van der Waals surface area contributed by atoms with Crippen LogP contribution in [0, 0.1) is 0 Å². The monoisotopic (exact) mass is 464 g/mol. The Bertz CT molecular complexity index is 1000. The zero-order valence-corrected chi connectivity index (χ0v) is 19.5. The Labute approximate surface area is 200 Å². The molecule has 2 aliphatic carbocycles. The number of nitrogens with one attached hydrogen (secondary N) is 1. The normalized spacial score (nSPS) is 15.2. The topological polar surface area (TPSA) is 95.9 Å². The first-order chi connectivity index (χ1) is 16.5. The molecule has 2 aliphatic rings. The summed E-state index contributed by atoms with van der Waals surface area (Å²) in [5.41, 5.74) is 4.61. The molecule has 2 aromatic rings. The summed E-state index contributed by atoms with van der Waals surface area (Å²) >= 11 is 0. The van der Waals surface area contributed by atoms with E-state index in [0.29, 0.717) is 6.42 Å². The van der Waals surface area contributed by atoms with Gasteiger partial charge in [-0.1, -0.05) is 68.3 Å². The van der Waals surface area contributed by atoms with Crippen molar-refractivity contribution in [2.45, 2.75) is 63.5 Å². The summed E-state index contributed by atoms with van der Waals surface area (Å²) in [5, 5.41) is 12.0. The van der Waals surface area contributed by atoms with Gasteiger partial charge in [0.2, 0.25) is 5.91 Å². The van der Waals surface area contributed by atoms with Gasteiger partial charge in [-0.3, -0.25) is 9.59 Å². The Hall–Kier alpha value is -3.35. The standard InChI is InChI=1S/C27H32N2O5/c1-2-3-8-18(15-25(30)29(16-26(31)32)19-13-14-19)28-27(33)34-17-24-22-11-6-4-9-20(22)21-10-5-7-12-23(21)24/h4-7,9-12,18-19,24H,2-3,8,13-17H2,1H3,(H,28,33)(H,31,32)/t18-/m0/s1. The number of hydrogen-bond acceptors (Lipinski definition) is 4. The number of benzene rings is 2. The number of carbonyl (C=O) groups is 3. The Kier molecular flexibility index (Phi) is 7.50. The Morgan fingerprint density at radius 2 is 1.68 bits per heavy atom. The first kappa shape index (κ1) is 23.8. The van der Waals surface area contributed by atoms with E-state index in [1.807, 2.05) is 31.2 Å². The van der Waals surface area contributed by atoms with Crippen molar-refractivity contribution in [3.8, 4) is 11.1 Å². The molecule has 2 amide bonds. The van der Waals surface area contributed by atoms with Gasteiger partial charge in [0, 0.05) is 24.4 Å². The maximum atomic E-state index is 12.8. The van der Waals surface area contributed by atoms with Crippen LogP contribution in [0.1, 0.15) is 62.5 Å². The number of carbonyl (C=O) groups excluding carboxylic acids is 2. The number of fused-ring (bicyclic) bond motifs is 3. The average molecular weight is 465 g/mol. The van der Waals surface area contributed by atoms with E-state index in [1.165, 1.54) is 4.90 Å². The number of rotatable bonds is 11. The highest BCUT2D eigenvalue weighted by atomic mass is 16.5. The molecule has 0 aliphatic heterocycles. The van der Waals surface area contributed by atoms with Crippen molar-refractivity contribution in [2.24, 2.45) is 0 Å². The number of amides is 2. The molecule has 7 heteroatoms. The van der Waals surface area contributed by atoms with Gasteiger partial charge in [-0.05, 0) is 41.5 Å². The van der Waals surface area contributed by atoms with Crippen molar-refractivity contribution in [3.63, 3.8) is 0 Å². The van der Waals surface area contributed by atoms with Crippen LogP contribution < -0.4 is 5.32 Å². The summed E-state index contributed by atoms with van der Waals surface area (Å²) in [6.07, 6.45) is 3.61. The van der Waals surface area contributed by atoms with Gasteiger partial charge in [0.1, 0.15) is 13.2 Å². The number of hydrogen-bond donors (Lipinski definition) is 2. The number of alkyl carbamates (subject to hydrolysis) is 1. The molecule has 0 bridgehead atoms. The number of aliphatic carboxylic acids is 1. The van der Waals surface area contributed by atoms with E-state index in [9.17, 15) is 14.4 Å². The number of nitrogens with zero attached hydrogens (tertiary/aromatic N) is 1. The molecule has 0 unspecified atom stereocenters. The molecular weight excluding hydrogens is 432 g/mol. The lowest BCUT2D eigenvalue weighted by Gasteiger charge is -2.24. The molecule has 1 fully saturated rings. The Morgan fingerprint density at radius 3 is 2.24 bits per heavy atom. The van der Waals surface area contributed by atoms with Gasteiger partial charge in [-0.15, -0.1) is 0 Å². The van der Waals surface area contributed by atoms with Crippen LogP contribution in [0.5, 0.6) is 0 Å². The number of carboxylic acids is 1. The van der Waals surface area contributed by atoms with Gasteiger partial charge in [0.15, 0.2) is 0 Å². The van der Waals surface area contributed by atoms with Gasteiger partial charge in [-0.2, -0.15) is 0 Å². The van der Waals surface area contributed by atoms with Gasteiger partial charge in [-0.25, -0.2) is 4.79 Å². The zero-order chi connectivity index (χ0) is 24.1. The molecule has 0 aromatic heterocycles. The predicted molar refractivity (Wildman–Crippen MR) is 129 cm³/mol. The summed E-state index contributed by atoms with van der Waals surface area (Å²) < 4.78 is 5.65. The minimum absolute atomic E-state index is 0.00452. The quantitative estimate of drug-likeness (QED) is 0.509. The predicted octanol–water partition coefficient (Wildman–Crippen LogP) is 4.55. The van der Waals surface area contributed by atoms with Crippen LogP contribution in [0.15, 0.2) is 48.5 Å². The fourth-order valence-electron chi connectivity index (χ4n) is 4.76. The highest BCUT2D eigenvalue weighted by Crippen LogP contribution is 2.44. The number of ether oxygens (including phenoxy) is 1. The van der Waals surface area contributed by atoms with Crippen LogP contribution in [0.25, 0.3) is 11.1 Å². The third kappa shape index (κ3) is 5.58. The first-order valence-electron chi connectivity index (χ1n) is 12.1. The molecule has 0 radical (unpaired) electrons. The third-order valence-electron chi connectivity index (χ3n) is 6.61. The molecule has 2 aromatic carbocycles. The summed E-state index contributed by atoms with van der Waals surface area (Å²) in [4.78, 5) is 38.2. The van der Waals surface area contributed by atoms with E-state index in [2.05, 4.69) is 29.6 Å². The first-order valence-corrected chi connectivity index (χ1v) is 12.1. The van der Waals surface area contributed by atoms with Crippen molar-refractivity contribution < 1.29 is 24.2 Å². The molecule has 7 nitrogen and oxygen atoms in total. The average Bonchev–Trinajstić information content (AvgIpc) is 3.62. The van der Waals surface area contributed by atoms with Crippen LogP contribution in [-0.2, 0) is 14.3 Å². The molecule has 0 heterocycles. The Balaban J connectivity index is 1.38. The van der Waals surface area contributed by atoms with Crippen LogP contribution in [0.2, 0.25) is 0 Å². The molecule has 34 heavy (non-hydrogen) atoms. The lowest BCUT2D eigenvalue weighted by Crippen LogP contribution is -2.43. The molecule has 1 saturated carbocycles. The molecule has 4 rings (SSSR count). The molecule has 1 atom stereocenters. The summed E-state index contributed by atoms with van der Waals surface area (Å²) in [6, 6.07) is 15.9. The zero-order valence-electron chi connectivity index (χ0n) is 19.5. The van der Waals surface area contributed by atoms with Crippen LogP contribution in [0.4, 0.5) is 4.79 Å². The van der Waals surface area contributed by atoms with Gasteiger partial charge < -0.3 is 20.1 Å². The fraction of sp³-hybridized carbons (Fsp3) is 0.444. The molecular formula is C27H32N2O5. The molecule has 180 valence electrons. The van der Waals surface area contributed by atoms with E-state index in [-0.39, 0.29) is 37.4 Å². The van der Waals surface area contributed by atoms with Gasteiger partial charge in [0.05, 0.1) is 0 Å². The maximum absolute atomic E-state index is 12.8.